The highest BCUT2D eigenvalue weighted by atomic mass is 16.4. The molecule has 0 atom stereocenters. The van der Waals surface area contributed by atoms with Gasteiger partial charge in [-0.25, -0.2) is 14.8 Å². The van der Waals surface area contributed by atoms with Gasteiger partial charge >= 0.3 is 5.97 Å². The Labute approximate surface area is 89.4 Å². The van der Waals surface area contributed by atoms with Gasteiger partial charge in [0.15, 0.2) is 0 Å². The molecule has 0 saturated heterocycles. The molecule has 4 heteroatoms. The summed E-state index contributed by atoms with van der Waals surface area (Å²) in [5, 5.41) is 8.81. The molecule has 0 spiro atoms. The van der Waals surface area contributed by atoms with Crippen LogP contribution in [0.2, 0.25) is 0 Å². The number of carbonyl (C=O) groups is 1. The van der Waals surface area contributed by atoms with E-state index in [9.17, 15) is 4.79 Å². The van der Waals surface area contributed by atoms with E-state index < -0.39 is 5.97 Å². The molecule has 0 fully saturated rings. The maximum absolute atomic E-state index is 10.7. The van der Waals surface area contributed by atoms with Crippen LogP contribution in [-0.4, -0.2) is 21.0 Å². The Balaban J connectivity index is 2.97. The lowest BCUT2D eigenvalue weighted by atomic mass is 9.92. The zero-order valence-electron chi connectivity index (χ0n) is 9.53. The van der Waals surface area contributed by atoms with Gasteiger partial charge in [-0.3, -0.25) is 0 Å². The molecule has 1 rings (SSSR count). The number of hydrogen-bond donors (Lipinski definition) is 1. The average molecular weight is 208 g/mol. The maximum Gasteiger partial charge on any atom is 0.339 e. The van der Waals surface area contributed by atoms with Crippen LogP contribution in [0.15, 0.2) is 6.20 Å². The minimum absolute atomic E-state index is 0.108. The number of nitrogens with zero attached hydrogens (tertiary/aromatic N) is 2. The molecule has 0 amide bonds. The molecule has 0 aliphatic heterocycles. The van der Waals surface area contributed by atoms with Crippen molar-refractivity contribution >= 4 is 5.97 Å². The van der Waals surface area contributed by atoms with Gasteiger partial charge in [0.25, 0.3) is 0 Å². The van der Waals surface area contributed by atoms with Crippen molar-refractivity contribution in [3.8, 4) is 0 Å². The lowest BCUT2D eigenvalue weighted by Crippen LogP contribution is -2.14. The summed E-state index contributed by atoms with van der Waals surface area (Å²) >= 11 is 0. The lowest BCUT2D eigenvalue weighted by Gasteiger charge is -2.16. The number of aromatic nitrogens is 2. The minimum Gasteiger partial charge on any atom is -0.478 e. The first kappa shape index (κ1) is 11.6. The Morgan fingerprint density at radius 3 is 2.47 bits per heavy atom. The third kappa shape index (κ3) is 3.31. The third-order valence-corrected chi connectivity index (χ3v) is 1.95. The van der Waals surface area contributed by atoms with Crippen molar-refractivity contribution in [2.45, 2.75) is 34.1 Å². The van der Waals surface area contributed by atoms with Gasteiger partial charge in [-0.15, -0.1) is 0 Å². The lowest BCUT2D eigenvalue weighted by molar-refractivity contribution is 0.0695. The molecule has 1 N–H and O–H groups in total. The highest BCUT2D eigenvalue weighted by Crippen LogP contribution is 2.18. The van der Waals surface area contributed by atoms with Gasteiger partial charge in [0.05, 0.1) is 11.3 Å². The van der Waals surface area contributed by atoms with Crippen molar-refractivity contribution < 1.29 is 9.90 Å². The molecular weight excluding hydrogens is 192 g/mol. The molecule has 0 aliphatic rings. The Hall–Kier alpha value is -1.45. The van der Waals surface area contributed by atoms with Crippen LogP contribution in [0.3, 0.4) is 0 Å². The normalized spacial score (nSPS) is 11.5. The van der Waals surface area contributed by atoms with E-state index >= 15 is 0 Å². The van der Waals surface area contributed by atoms with Crippen LogP contribution >= 0.6 is 0 Å². The number of aryl methyl sites for hydroxylation is 1. The Bertz CT molecular complexity index is 381. The van der Waals surface area contributed by atoms with Crippen LogP contribution in [0.1, 0.15) is 42.6 Å². The molecule has 0 unspecified atom stereocenters. The van der Waals surface area contributed by atoms with Crippen molar-refractivity contribution in [3.63, 3.8) is 0 Å². The number of hydrogen-bond acceptors (Lipinski definition) is 3. The van der Waals surface area contributed by atoms with Crippen LogP contribution in [0.5, 0.6) is 0 Å². The molecule has 15 heavy (non-hydrogen) atoms. The number of aromatic carboxylic acids is 1. The van der Waals surface area contributed by atoms with Crippen LogP contribution in [0.4, 0.5) is 0 Å². The summed E-state index contributed by atoms with van der Waals surface area (Å²) in [6.07, 6.45) is 2.12. The summed E-state index contributed by atoms with van der Waals surface area (Å²) in [6, 6.07) is 0. The Morgan fingerprint density at radius 1 is 1.47 bits per heavy atom. The smallest absolute Gasteiger partial charge is 0.339 e. The van der Waals surface area contributed by atoms with Crippen LogP contribution in [-0.2, 0) is 6.42 Å². The molecule has 82 valence electrons. The van der Waals surface area contributed by atoms with E-state index in [0.29, 0.717) is 11.5 Å². The largest absolute Gasteiger partial charge is 0.478 e. The van der Waals surface area contributed by atoms with E-state index in [1.807, 2.05) is 0 Å². The van der Waals surface area contributed by atoms with E-state index in [-0.39, 0.29) is 11.0 Å². The van der Waals surface area contributed by atoms with Crippen molar-refractivity contribution in [1.29, 1.82) is 0 Å². The number of carboxylic acid groups (broad SMARTS) is 1. The van der Waals surface area contributed by atoms with Gasteiger partial charge < -0.3 is 5.11 Å². The van der Waals surface area contributed by atoms with Gasteiger partial charge in [0, 0.05) is 12.6 Å². The fourth-order valence-corrected chi connectivity index (χ4v) is 1.28. The topological polar surface area (TPSA) is 63.1 Å². The number of carboxylic acids is 1. The first-order valence-corrected chi connectivity index (χ1v) is 4.85. The van der Waals surface area contributed by atoms with Crippen LogP contribution < -0.4 is 0 Å². The predicted molar refractivity (Wildman–Crippen MR) is 56.9 cm³/mol. The molecule has 0 bridgehead atoms. The van der Waals surface area contributed by atoms with Gasteiger partial charge in [-0.1, -0.05) is 20.8 Å². The van der Waals surface area contributed by atoms with Crippen LogP contribution in [0, 0.1) is 12.3 Å². The SMILES string of the molecule is Cc1nc(CC(C)(C)C)ncc1C(=O)O. The Morgan fingerprint density at radius 2 is 2.07 bits per heavy atom. The molecule has 0 radical (unpaired) electrons. The van der Waals surface area contributed by atoms with Crippen LogP contribution in [0.25, 0.3) is 0 Å². The summed E-state index contributed by atoms with van der Waals surface area (Å²) < 4.78 is 0. The molecule has 0 saturated carbocycles. The van der Waals surface area contributed by atoms with E-state index in [1.165, 1.54) is 6.20 Å². The van der Waals surface area contributed by atoms with Gasteiger partial charge in [0.2, 0.25) is 0 Å². The fraction of sp³-hybridized carbons (Fsp3) is 0.545. The van der Waals surface area contributed by atoms with Crippen molar-refractivity contribution in [2.24, 2.45) is 5.41 Å². The summed E-state index contributed by atoms with van der Waals surface area (Å²) in [7, 11) is 0. The minimum atomic E-state index is -0.977. The zero-order chi connectivity index (χ0) is 11.6. The first-order valence-electron chi connectivity index (χ1n) is 4.85. The molecule has 1 aromatic heterocycles. The quantitative estimate of drug-likeness (QED) is 0.808. The van der Waals surface area contributed by atoms with Crippen molar-refractivity contribution in [1.82, 2.24) is 9.97 Å². The summed E-state index contributed by atoms with van der Waals surface area (Å²) in [6.45, 7) is 7.97. The second kappa shape index (κ2) is 3.96. The molecule has 0 aliphatic carbocycles. The van der Waals surface area contributed by atoms with Gasteiger partial charge in [0.1, 0.15) is 5.82 Å². The van der Waals surface area contributed by atoms with Gasteiger partial charge in [-0.2, -0.15) is 0 Å². The van der Waals surface area contributed by atoms with Crippen molar-refractivity contribution in [3.05, 3.63) is 23.3 Å². The monoisotopic (exact) mass is 208 g/mol. The van der Waals surface area contributed by atoms with E-state index in [0.717, 1.165) is 6.42 Å². The average Bonchev–Trinajstić information content (AvgIpc) is 1.99. The summed E-state index contributed by atoms with van der Waals surface area (Å²) in [4.78, 5) is 19.0. The molecule has 1 heterocycles. The van der Waals surface area contributed by atoms with E-state index in [4.69, 9.17) is 5.11 Å². The predicted octanol–water partition coefficient (Wildman–Crippen LogP) is 2.07. The highest BCUT2D eigenvalue weighted by molar-refractivity contribution is 5.88. The second-order valence-corrected chi connectivity index (χ2v) is 4.83. The number of rotatable bonds is 2. The highest BCUT2D eigenvalue weighted by Gasteiger charge is 2.15. The molecule has 4 nitrogen and oxygen atoms in total. The summed E-state index contributed by atoms with van der Waals surface area (Å²) in [5.74, 6) is -0.278. The third-order valence-electron chi connectivity index (χ3n) is 1.95. The standard InChI is InChI=1S/C11H16N2O2/c1-7-8(10(14)15)6-12-9(13-7)5-11(2,3)4/h6H,5H2,1-4H3,(H,14,15). The molecular formula is C11H16N2O2. The Kier molecular flexibility index (Phi) is 3.07. The summed E-state index contributed by atoms with van der Waals surface area (Å²) in [5.41, 5.74) is 0.807. The maximum atomic E-state index is 10.7. The van der Waals surface area contributed by atoms with Gasteiger partial charge in [-0.05, 0) is 12.3 Å². The van der Waals surface area contributed by atoms with E-state index in [1.54, 1.807) is 6.92 Å². The van der Waals surface area contributed by atoms with E-state index in [2.05, 4.69) is 30.7 Å². The molecule has 0 aromatic carbocycles. The zero-order valence-corrected chi connectivity index (χ0v) is 9.53. The fourth-order valence-electron chi connectivity index (χ4n) is 1.28. The second-order valence-electron chi connectivity index (χ2n) is 4.83. The van der Waals surface area contributed by atoms with Crippen molar-refractivity contribution in [2.75, 3.05) is 0 Å². The first-order chi connectivity index (χ1) is 6.79. The molecule has 1 aromatic rings.